The molecule has 0 unspecified atom stereocenters. The molecule has 0 radical (unpaired) electrons. The molecule has 24 heavy (non-hydrogen) atoms. The number of aromatic nitrogens is 1. The summed E-state index contributed by atoms with van der Waals surface area (Å²) in [7, 11) is 0. The van der Waals surface area contributed by atoms with Crippen molar-refractivity contribution in [2.45, 2.75) is 25.9 Å². The maximum atomic E-state index is 12.5. The molecule has 0 aliphatic heterocycles. The average Bonchev–Trinajstić information content (AvgIpc) is 3.10. The molecule has 0 bridgehead atoms. The number of amides is 1. The molecule has 5 heteroatoms. The van der Waals surface area contributed by atoms with E-state index in [0.717, 1.165) is 36.3 Å². The van der Waals surface area contributed by atoms with Crippen molar-refractivity contribution in [2.24, 2.45) is 17.6 Å². The van der Waals surface area contributed by atoms with Crippen LogP contribution < -0.4 is 15.8 Å². The van der Waals surface area contributed by atoms with Gasteiger partial charge in [0.25, 0.3) is 0 Å². The number of hydrogen-bond acceptors (Lipinski definition) is 4. The first-order chi connectivity index (χ1) is 11.8. The Kier molecular flexibility index (Phi) is 5.43. The minimum absolute atomic E-state index is 0.0231. The Morgan fingerprint density at radius 3 is 3.00 bits per heavy atom. The highest BCUT2D eigenvalue weighted by Crippen LogP contribution is 2.32. The van der Waals surface area contributed by atoms with Crippen LogP contribution >= 0.6 is 0 Å². The minimum atomic E-state index is 0.0231. The van der Waals surface area contributed by atoms with E-state index in [1.54, 1.807) is 12.4 Å². The molecule has 5 nitrogen and oxygen atoms in total. The van der Waals surface area contributed by atoms with E-state index in [1.807, 2.05) is 36.4 Å². The van der Waals surface area contributed by atoms with Gasteiger partial charge in [0, 0.05) is 35.6 Å². The molecule has 3 N–H and O–H groups in total. The van der Waals surface area contributed by atoms with Crippen molar-refractivity contribution in [3.05, 3.63) is 54.4 Å². The van der Waals surface area contributed by atoms with Gasteiger partial charge in [-0.1, -0.05) is 18.6 Å². The van der Waals surface area contributed by atoms with Crippen LogP contribution in [0.5, 0.6) is 5.75 Å². The Morgan fingerprint density at radius 2 is 2.21 bits per heavy atom. The van der Waals surface area contributed by atoms with Gasteiger partial charge in [0.2, 0.25) is 5.91 Å². The van der Waals surface area contributed by atoms with Crippen molar-refractivity contribution in [1.29, 1.82) is 0 Å². The van der Waals surface area contributed by atoms with E-state index in [4.69, 9.17) is 10.5 Å². The van der Waals surface area contributed by atoms with Crippen LogP contribution in [-0.4, -0.2) is 17.4 Å². The fourth-order valence-corrected chi connectivity index (χ4v) is 3.21. The summed E-state index contributed by atoms with van der Waals surface area (Å²) >= 11 is 0. The molecule has 2 atom stereocenters. The van der Waals surface area contributed by atoms with Gasteiger partial charge in [-0.2, -0.15) is 0 Å². The lowest BCUT2D eigenvalue weighted by molar-refractivity contribution is -0.120. The zero-order valence-electron chi connectivity index (χ0n) is 13.7. The number of pyridine rings is 1. The first-order valence-electron chi connectivity index (χ1n) is 8.39. The summed E-state index contributed by atoms with van der Waals surface area (Å²) < 4.78 is 5.77. The third-order valence-electron chi connectivity index (χ3n) is 4.53. The van der Waals surface area contributed by atoms with Crippen LogP contribution in [0.3, 0.4) is 0 Å². The summed E-state index contributed by atoms with van der Waals surface area (Å²) in [6.45, 7) is 1.02. The monoisotopic (exact) mass is 325 g/mol. The highest BCUT2D eigenvalue weighted by atomic mass is 16.5. The van der Waals surface area contributed by atoms with Gasteiger partial charge in [0.1, 0.15) is 12.4 Å². The third kappa shape index (κ3) is 4.11. The molecule has 1 saturated carbocycles. The maximum absolute atomic E-state index is 12.5. The van der Waals surface area contributed by atoms with Gasteiger partial charge in [0.15, 0.2) is 0 Å². The Hall–Kier alpha value is -2.40. The number of nitrogens with one attached hydrogen (secondary N) is 1. The fourth-order valence-electron chi connectivity index (χ4n) is 3.21. The minimum Gasteiger partial charge on any atom is -0.489 e. The van der Waals surface area contributed by atoms with Crippen LogP contribution in [0, 0.1) is 11.8 Å². The highest BCUT2D eigenvalue weighted by molar-refractivity contribution is 5.93. The molecule has 1 fully saturated rings. The molecular formula is C19H23N3O2. The van der Waals surface area contributed by atoms with Crippen molar-refractivity contribution in [3.8, 4) is 5.75 Å². The molecule has 1 aromatic carbocycles. The lowest BCUT2D eigenvalue weighted by Crippen LogP contribution is -2.29. The Labute approximate surface area is 142 Å². The normalized spacial score (nSPS) is 19.9. The van der Waals surface area contributed by atoms with Crippen LogP contribution in [0.25, 0.3) is 0 Å². The SMILES string of the molecule is NC[C@H]1CCC[C@H]1C(=O)Nc1cccc(OCc2cccnc2)c1. The molecule has 1 aliphatic carbocycles. The van der Waals surface area contributed by atoms with E-state index in [-0.39, 0.29) is 11.8 Å². The van der Waals surface area contributed by atoms with Gasteiger partial charge in [-0.05, 0) is 43.5 Å². The number of rotatable bonds is 6. The zero-order valence-corrected chi connectivity index (χ0v) is 13.7. The Balaban J connectivity index is 1.59. The summed E-state index contributed by atoms with van der Waals surface area (Å²) in [4.78, 5) is 16.5. The maximum Gasteiger partial charge on any atom is 0.227 e. The topological polar surface area (TPSA) is 77.2 Å². The quantitative estimate of drug-likeness (QED) is 0.856. The molecule has 3 rings (SSSR count). The van der Waals surface area contributed by atoms with Crippen molar-refractivity contribution in [2.75, 3.05) is 11.9 Å². The van der Waals surface area contributed by atoms with Crippen LogP contribution in [0.2, 0.25) is 0 Å². The second-order valence-electron chi connectivity index (χ2n) is 6.20. The third-order valence-corrected chi connectivity index (χ3v) is 4.53. The second-order valence-corrected chi connectivity index (χ2v) is 6.20. The summed E-state index contributed by atoms with van der Waals surface area (Å²) in [5.41, 5.74) is 7.53. The van der Waals surface area contributed by atoms with E-state index in [9.17, 15) is 4.79 Å². The number of benzene rings is 1. The highest BCUT2D eigenvalue weighted by Gasteiger charge is 2.31. The summed E-state index contributed by atoms with van der Waals surface area (Å²) in [5.74, 6) is 1.11. The molecule has 1 heterocycles. The zero-order chi connectivity index (χ0) is 16.8. The molecule has 2 aromatic rings. The molecular weight excluding hydrogens is 302 g/mol. The molecule has 1 aromatic heterocycles. The van der Waals surface area contributed by atoms with Crippen LogP contribution in [0.1, 0.15) is 24.8 Å². The lowest BCUT2D eigenvalue weighted by atomic mass is 9.95. The van der Waals surface area contributed by atoms with Gasteiger partial charge < -0.3 is 15.8 Å². The average molecular weight is 325 g/mol. The summed E-state index contributed by atoms with van der Waals surface area (Å²) in [5, 5.41) is 3.00. The number of anilines is 1. The van der Waals surface area contributed by atoms with Gasteiger partial charge >= 0.3 is 0 Å². The number of nitrogens with zero attached hydrogens (tertiary/aromatic N) is 1. The molecule has 126 valence electrons. The van der Waals surface area contributed by atoms with Crippen molar-refractivity contribution in [1.82, 2.24) is 4.98 Å². The van der Waals surface area contributed by atoms with Gasteiger partial charge in [0.05, 0.1) is 0 Å². The number of nitrogens with two attached hydrogens (primary N) is 1. The Morgan fingerprint density at radius 1 is 1.29 bits per heavy atom. The van der Waals surface area contributed by atoms with Gasteiger partial charge in [-0.25, -0.2) is 0 Å². The number of carbonyl (C=O) groups is 1. The molecule has 1 amide bonds. The molecule has 0 saturated heterocycles. The van der Waals surface area contributed by atoms with Crippen molar-refractivity contribution >= 4 is 11.6 Å². The standard InChI is InChI=1S/C19H23N3O2/c20-11-15-5-1-8-18(15)19(23)22-16-6-2-7-17(10-16)24-13-14-4-3-9-21-12-14/h2-4,6-7,9-10,12,15,18H,1,5,8,11,13,20H2,(H,22,23)/t15-,18-/m1/s1. The lowest BCUT2D eigenvalue weighted by Gasteiger charge is -2.17. The summed E-state index contributed by atoms with van der Waals surface area (Å²) in [6.07, 6.45) is 6.55. The van der Waals surface area contributed by atoms with Crippen molar-refractivity contribution in [3.63, 3.8) is 0 Å². The number of hydrogen-bond donors (Lipinski definition) is 2. The van der Waals surface area contributed by atoms with Crippen molar-refractivity contribution < 1.29 is 9.53 Å². The van der Waals surface area contributed by atoms with Gasteiger partial charge in [-0.15, -0.1) is 0 Å². The first-order valence-corrected chi connectivity index (χ1v) is 8.39. The van der Waals surface area contributed by atoms with E-state index in [1.165, 1.54) is 0 Å². The predicted molar refractivity (Wildman–Crippen MR) is 93.5 cm³/mol. The first kappa shape index (κ1) is 16.5. The Bertz CT molecular complexity index is 675. The van der Waals surface area contributed by atoms with E-state index in [2.05, 4.69) is 10.3 Å². The number of carbonyl (C=O) groups excluding carboxylic acids is 1. The predicted octanol–water partition coefficient (Wildman–Crippen LogP) is 2.97. The van der Waals surface area contributed by atoms with E-state index >= 15 is 0 Å². The fraction of sp³-hybridized carbons (Fsp3) is 0.368. The molecule has 1 aliphatic rings. The molecule has 0 spiro atoms. The summed E-state index contributed by atoms with van der Waals surface area (Å²) in [6, 6.07) is 11.3. The van der Waals surface area contributed by atoms with Crippen LogP contribution in [0.15, 0.2) is 48.8 Å². The van der Waals surface area contributed by atoms with Gasteiger partial charge in [-0.3, -0.25) is 9.78 Å². The number of ether oxygens (including phenoxy) is 1. The largest absolute Gasteiger partial charge is 0.489 e. The smallest absolute Gasteiger partial charge is 0.227 e. The van der Waals surface area contributed by atoms with Crippen LogP contribution in [-0.2, 0) is 11.4 Å². The van der Waals surface area contributed by atoms with E-state index < -0.39 is 0 Å². The van der Waals surface area contributed by atoms with Crippen LogP contribution in [0.4, 0.5) is 5.69 Å². The van der Waals surface area contributed by atoms with E-state index in [0.29, 0.717) is 19.1 Å². The second kappa shape index (κ2) is 7.93.